The highest BCUT2D eigenvalue weighted by Gasteiger charge is 2.07. The van der Waals surface area contributed by atoms with E-state index in [0.29, 0.717) is 5.15 Å². The number of fused-ring (bicyclic) bond motifs is 1. The molecule has 0 spiro atoms. The first-order valence-electron chi connectivity index (χ1n) is 6.23. The maximum Gasteiger partial charge on any atom is 0.142 e. The molecule has 0 amide bonds. The van der Waals surface area contributed by atoms with E-state index in [1.807, 2.05) is 11.4 Å². The molecule has 3 rings (SSSR count). The third-order valence-electron chi connectivity index (χ3n) is 3.17. The molecule has 3 aromatic rings. The van der Waals surface area contributed by atoms with E-state index in [9.17, 15) is 0 Å². The first kappa shape index (κ1) is 13.9. The largest absolute Gasteiger partial charge is 0.221 e. The monoisotopic (exact) mass is 320 g/mol. The molecule has 2 nitrogen and oxygen atoms in total. The molecule has 2 aromatic heterocycles. The predicted molar refractivity (Wildman–Crippen MR) is 87.9 cm³/mol. The van der Waals surface area contributed by atoms with Crippen LogP contribution < -0.4 is 0 Å². The summed E-state index contributed by atoms with van der Waals surface area (Å²) < 4.78 is 0. The van der Waals surface area contributed by atoms with Crippen LogP contribution in [0.3, 0.4) is 0 Å². The lowest BCUT2D eigenvalue weighted by Crippen LogP contribution is -1.93. The lowest BCUT2D eigenvalue weighted by Gasteiger charge is -2.05. The van der Waals surface area contributed by atoms with Gasteiger partial charge in [-0.05, 0) is 48.6 Å². The highest BCUT2D eigenvalue weighted by atomic mass is 35.5. The molecule has 0 aliphatic heterocycles. The van der Waals surface area contributed by atoms with Crippen LogP contribution in [0.25, 0.3) is 10.2 Å². The number of benzene rings is 1. The first-order valence-corrected chi connectivity index (χ1v) is 8.47. The third-order valence-corrected chi connectivity index (χ3v) is 5.26. The molecule has 2 heterocycles. The van der Waals surface area contributed by atoms with Crippen LogP contribution in [0.4, 0.5) is 0 Å². The molecular formula is C15H13ClN2S2. The van der Waals surface area contributed by atoms with Gasteiger partial charge in [-0.25, -0.2) is 9.97 Å². The van der Waals surface area contributed by atoms with Gasteiger partial charge in [-0.2, -0.15) is 0 Å². The number of thioether (sulfide) groups is 1. The molecular weight excluding hydrogens is 308 g/mol. The van der Waals surface area contributed by atoms with E-state index in [4.69, 9.17) is 11.6 Å². The molecule has 0 saturated carbocycles. The quantitative estimate of drug-likeness (QED) is 0.486. The SMILES string of the molecule is Cc1ccc(SCc2nc(Cl)c3ccsc3n2)cc1C. The highest BCUT2D eigenvalue weighted by Crippen LogP contribution is 2.28. The van der Waals surface area contributed by atoms with Crippen molar-refractivity contribution in [2.45, 2.75) is 24.5 Å². The van der Waals surface area contributed by atoms with Crippen molar-refractivity contribution in [2.75, 3.05) is 0 Å². The number of halogens is 1. The Labute approximate surface area is 131 Å². The summed E-state index contributed by atoms with van der Waals surface area (Å²) in [6.07, 6.45) is 0. The zero-order valence-electron chi connectivity index (χ0n) is 11.2. The van der Waals surface area contributed by atoms with Gasteiger partial charge in [-0.1, -0.05) is 17.7 Å². The van der Waals surface area contributed by atoms with Crippen molar-refractivity contribution < 1.29 is 0 Å². The minimum atomic E-state index is 0.548. The second-order valence-electron chi connectivity index (χ2n) is 4.60. The molecule has 0 atom stereocenters. The van der Waals surface area contributed by atoms with E-state index >= 15 is 0 Å². The standard InChI is InChI=1S/C15H13ClN2S2/c1-9-3-4-11(7-10(9)2)20-8-13-17-14(16)12-5-6-19-15(12)18-13/h3-7H,8H2,1-2H3. The van der Waals surface area contributed by atoms with Gasteiger partial charge in [-0.3, -0.25) is 0 Å². The van der Waals surface area contributed by atoms with Gasteiger partial charge in [0.05, 0.1) is 5.75 Å². The van der Waals surface area contributed by atoms with Crippen LogP contribution in [0.5, 0.6) is 0 Å². The summed E-state index contributed by atoms with van der Waals surface area (Å²) in [7, 11) is 0. The normalized spacial score (nSPS) is 11.2. The average molecular weight is 321 g/mol. The lowest BCUT2D eigenvalue weighted by atomic mass is 10.1. The summed E-state index contributed by atoms with van der Waals surface area (Å²) in [5.74, 6) is 1.52. The molecule has 0 N–H and O–H groups in total. The Morgan fingerprint density at radius 1 is 1.15 bits per heavy atom. The Morgan fingerprint density at radius 2 is 2.00 bits per heavy atom. The fraction of sp³-hybridized carbons (Fsp3) is 0.200. The summed E-state index contributed by atoms with van der Waals surface area (Å²) in [5.41, 5.74) is 2.62. The minimum Gasteiger partial charge on any atom is -0.221 e. The van der Waals surface area contributed by atoms with Gasteiger partial charge in [-0.15, -0.1) is 23.1 Å². The Balaban J connectivity index is 1.80. The number of aryl methyl sites for hydroxylation is 2. The summed E-state index contributed by atoms with van der Waals surface area (Å²) in [6.45, 7) is 4.25. The Kier molecular flexibility index (Phi) is 3.96. The van der Waals surface area contributed by atoms with E-state index in [2.05, 4.69) is 42.0 Å². The van der Waals surface area contributed by atoms with Gasteiger partial charge in [0.2, 0.25) is 0 Å². The maximum atomic E-state index is 6.18. The van der Waals surface area contributed by atoms with Gasteiger partial charge in [0.15, 0.2) is 0 Å². The van der Waals surface area contributed by atoms with E-state index in [-0.39, 0.29) is 0 Å². The molecule has 0 radical (unpaired) electrons. The lowest BCUT2D eigenvalue weighted by molar-refractivity contribution is 1.07. The fourth-order valence-electron chi connectivity index (χ4n) is 1.88. The van der Waals surface area contributed by atoms with Crippen molar-refractivity contribution in [3.8, 4) is 0 Å². The van der Waals surface area contributed by atoms with Crippen molar-refractivity contribution in [3.63, 3.8) is 0 Å². The van der Waals surface area contributed by atoms with E-state index in [0.717, 1.165) is 21.8 Å². The van der Waals surface area contributed by atoms with Crippen LogP contribution in [-0.4, -0.2) is 9.97 Å². The first-order chi connectivity index (χ1) is 9.63. The van der Waals surface area contributed by atoms with Gasteiger partial charge < -0.3 is 0 Å². The van der Waals surface area contributed by atoms with Crippen molar-refractivity contribution >= 4 is 44.9 Å². The smallest absolute Gasteiger partial charge is 0.142 e. The summed E-state index contributed by atoms with van der Waals surface area (Å²) in [4.78, 5) is 11.1. The molecule has 0 unspecified atom stereocenters. The molecule has 0 aliphatic rings. The van der Waals surface area contributed by atoms with Crippen LogP contribution in [0.1, 0.15) is 17.0 Å². The molecule has 1 aromatic carbocycles. The number of nitrogens with zero attached hydrogens (tertiary/aromatic N) is 2. The summed E-state index contributed by atoms with van der Waals surface area (Å²) >= 11 is 9.51. The van der Waals surface area contributed by atoms with Crippen LogP contribution in [-0.2, 0) is 5.75 Å². The molecule has 0 fully saturated rings. The van der Waals surface area contributed by atoms with E-state index in [1.165, 1.54) is 16.0 Å². The van der Waals surface area contributed by atoms with Crippen LogP contribution in [0.15, 0.2) is 34.5 Å². The predicted octanol–water partition coefficient (Wildman–Crippen LogP) is 5.25. The van der Waals surface area contributed by atoms with E-state index < -0.39 is 0 Å². The summed E-state index contributed by atoms with van der Waals surface area (Å²) in [6, 6.07) is 8.44. The van der Waals surface area contributed by atoms with Crippen molar-refractivity contribution in [3.05, 3.63) is 51.7 Å². The van der Waals surface area contributed by atoms with Crippen LogP contribution in [0, 0.1) is 13.8 Å². The Hall–Kier alpha value is -1.10. The number of hydrogen-bond acceptors (Lipinski definition) is 4. The molecule has 5 heteroatoms. The molecule has 0 bridgehead atoms. The number of thiophene rings is 1. The Bertz CT molecular complexity index is 768. The zero-order chi connectivity index (χ0) is 14.1. The van der Waals surface area contributed by atoms with Gasteiger partial charge in [0.25, 0.3) is 0 Å². The molecule has 20 heavy (non-hydrogen) atoms. The second-order valence-corrected chi connectivity index (χ2v) is 6.91. The second kappa shape index (κ2) is 5.72. The van der Waals surface area contributed by atoms with E-state index in [1.54, 1.807) is 23.1 Å². The maximum absolute atomic E-state index is 6.18. The third kappa shape index (κ3) is 2.82. The number of rotatable bonds is 3. The van der Waals surface area contributed by atoms with Crippen LogP contribution >= 0.6 is 34.7 Å². The zero-order valence-corrected chi connectivity index (χ0v) is 13.6. The minimum absolute atomic E-state index is 0.548. The van der Waals surface area contributed by atoms with Crippen molar-refractivity contribution in [2.24, 2.45) is 0 Å². The van der Waals surface area contributed by atoms with Gasteiger partial charge >= 0.3 is 0 Å². The van der Waals surface area contributed by atoms with Crippen molar-refractivity contribution in [1.82, 2.24) is 9.97 Å². The summed E-state index contributed by atoms with van der Waals surface area (Å²) in [5, 5.41) is 3.48. The highest BCUT2D eigenvalue weighted by molar-refractivity contribution is 7.98. The molecule has 0 saturated heterocycles. The number of hydrogen-bond donors (Lipinski definition) is 0. The Morgan fingerprint density at radius 3 is 2.80 bits per heavy atom. The molecule has 102 valence electrons. The fourth-order valence-corrected chi connectivity index (χ4v) is 3.81. The topological polar surface area (TPSA) is 25.8 Å². The number of aromatic nitrogens is 2. The van der Waals surface area contributed by atoms with Gasteiger partial charge in [0.1, 0.15) is 15.8 Å². The van der Waals surface area contributed by atoms with Crippen molar-refractivity contribution in [1.29, 1.82) is 0 Å². The average Bonchev–Trinajstić information content (AvgIpc) is 2.89. The molecule has 0 aliphatic carbocycles. The van der Waals surface area contributed by atoms with Crippen LogP contribution in [0.2, 0.25) is 5.15 Å². The van der Waals surface area contributed by atoms with Gasteiger partial charge in [0, 0.05) is 10.3 Å².